The highest BCUT2D eigenvalue weighted by Gasteiger charge is 2.05. The molecule has 0 bridgehead atoms. The SMILES string of the molecule is Cc1ccc(C=CC(=O)NC(=S)NNC(=O)Cc2ccccc2)cc1. The van der Waals surface area contributed by atoms with Crippen LogP contribution >= 0.6 is 12.2 Å². The van der Waals surface area contributed by atoms with E-state index in [9.17, 15) is 9.59 Å². The molecule has 2 aromatic carbocycles. The molecule has 0 fully saturated rings. The Bertz CT molecular complexity index is 771. The molecule has 2 rings (SSSR count). The van der Waals surface area contributed by atoms with E-state index in [0.29, 0.717) is 0 Å². The van der Waals surface area contributed by atoms with E-state index in [1.807, 2.05) is 61.5 Å². The Hall–Kier alpha value is -2.99. The van der Waals surface area contributed by atoms with Crippen LogP contribution in [0.4, 0.5) is 0 Å². The lowest BCUT2D eigenvalue weighted by atomic mass is 10.1. The predicted octanol–water partition coefficient (Wildman–Crippen LogP) is 2.27. The lowest BCUT2D eigenvalue weighted by Crippen LogP contribution is -2.48. The van der Waals surface area contributed by atoms with Gasteiger partial charge in [-0.15, -0.1) is 0 Å². The maximum Gasteiger partial charge on any atom is 0.250 e. The van der Waals surface area contributed by atoms with Gasteiger partial charge in [-0.2, -0.15) is 0 Å². The molecule has 0 aliphatic heterocycles. The molecule has 0 heterocycles. The van der Waals surface area contributed by atoms with Gasteiger partial charge in [0.2, 0.25) is 11.8 Å². The number of nitrogens with one attached hydrogen (secondary N) is 3. The van der Waals surface area contributed by atoms with E-state index < -0.39 is 0 Å². The van der Waals surface area contributed by atoms with Gasteiger partial charge in [0, 0.05) is 6.08 Å². The molecule has 2 aromatic rings. The number of carbonyl (C=O) groups excluding carboxylic acids is 2. The number of aryl methyl sites for hydroxylation is 1. The van der Waals surface area contributed by atoms with Crippen molar-refractivity contribution in [2.24, 2.45) is 0 Å². The van der Waals surface area contributed by atoms with Gasteiger partial charge < -0.3 is 0 Å². The first-order valence-electron chi connectivity index (χ1n) is 7.71. The van der Waals surface area contributed by atoms with E-state index in [2.05, 4.69) is 16.2 Å². The third-order valence-electron chi connectivity index (χ3n) is 3.26. The lowest BCUT2D eigenvalue weighted by molar-refractivity contribution is -0.121. The summed E-state index contributed by atoms with van der Waals surface area (Å²) in [6, 6.07) is 17.1. The summed E-state index contributed by atoms with van der Waals surface area (Å²) >= 11 is 4.97. The second kappa shape index (κ2) is 9.34. The molecule has 0 radical (unpaired) electrons. The van der Waals surface area contributed by atoms with E-state index in [0.717, 1.165) is 16.7 Å². The summed E-state index contributed by atoms with van der Waals surface area (Å²) in [7, 11) is 0. The van der Waals surface area contributed by atoms with E-state index >= 15 is 0 Å². The summed E-state index contributed by atoms with van der Waals surface area (Å²) < 4.78 is 0. The van der Waals surface area contributed by atoms with Gasteiger partial charge in [-0.25, -0.2) is 0 Å². The van der Waals surface area contributed by atoms with Crippen molar-refractivity contribution in [3.8, 4) is 0 Å². The quantitative estimate of drug-likeness (QED) is 0.448. The molecule has 3 N–H and O–H groups in total. The van der Waals surface area contributed by atoms with Crippen LogP contribution in [0, 0.1) is 6.92 Å². The minimum Gasteiger partial charge on any atom is -0.298 e. The highest BCUT2D eigenvalue weighted by molar-refractivity contribution is 7.80. The van der Waals surface area contributed by atoms with Crippen molar-refractivity contribution in [1.82, 2.24) is 16.2 Å². The lowest BCUT2D eigenvalue weighted by Gasteiger charge is -2.09. The predicted molar refractivity (Wildman–Crippen MR) is 102 cm³/mol. The molecule has 0 saturated carbocycles. The van der Waals surface area contributed by atoms with Gasteiger partial charge in [0.15, 0.2) is 5.11 Å². The van der Waals surface area contributed by atoms with Crippen LogP contribution in [0.2, 0.25) is 0 Å². The van der Waals surface area contributed by atoms with E-state index in [-0.39, 0.29) is 23.3 Å². The van der Waals surface area contributed by atoms with Crippen LogP contribution in [-0.2, 0) is 16.0 Å². The highest BCUT2D eigenvalue weighted by atomic mass is 32.1. The standard InChI is InChI=1S/C19H19N3O2S/c1-14-7-9-15(10-8-14)11-12-17(23)20-19(25)22-21-18(24)13-16-5-3-2-4-6-16/h2-12H,13H2,1H3,(H,21,24)(H2,20,22,23,25). The molecule has 0 spiro atoms. The second-order valence-corrected chi connectivity index (χ2v) is 5.81. The van der Waals surface area contributed by atoms with Crippen LogP contribution in [0.5, 0.6) is 0 Å². The minimum atomic E-state index is -0.379. The molecule has 6 heteroatoms. The number of benzene rings is 2. The Labute approximate surface area is 152 Å². The summed E-state index contributed by atoms with van der Waals surface area (Å²) in [6.45, 7) is 2.00. The summed E-state index contributed by atoms with van der Waals surface area (Å²) in [5, 5.41) is 2.49. The van der Waals surface area contributed by atoms with Crippen molar-refractivity contribution in [2.45, 2.75) is 13.3 Å². The van der Waals surface area contributed by atoms with Gasteiger partial charge in [-0.1, -0.05) is 60.2 Å². The van der Waals surface area contributed by atoms with Gasteiger partial charge >= 0.3 is 0 Å². The Balaban J connectivity index is 1.73. The topological polar surface area (TPSA) is 70.2 Å². The van der Waals surface area contributed by atoms with Crippen LogP contribution in [0.15, 0.2) is 60.7 Å². The van der Waals surface area contributed by atoms with Crippen LogP contribution in [-0.4, -0.2) is 16.9 Å². The first-order valence-corrected chi connectivity index (χ1v) is 8.12. The molecular weight excluding hydrogens is 334 g/mol. The smallest absolute Gasteiger partial charge is 0.250 e. The van der Waals surface area contributed by atoms with Gasteiger partial charge in [0.05, 0.1) is 6.42 Å². The van der Waals surface area contributed by atoms with Crippen molar-refractivity contribution >= 4 is 35.2 Å². The largest absolute Gasteiger partial charge is 0.298 e. The number of hydrogen-bond donors (Lipinski definition) is 3. The molecule has 0 unspecified atom stereocenters. The fourth-order valence-electron chi connectivity index (χ4n) is 1.99. The average molecular weight is 353 g/mol. The number of hydrogen-bond acceptors (Lipinski definition) is 3. The summed E-state index contributed by atoms with van der Waals surface area (Å²) in [5.41, 5.74) is 7.90. The monoisotopic (exact) mass is 353 g/mol. The molecule has 0 aliphatic carbocycles. The van der Waals surface area contributed by atoms with Crippen LogP contribution in [0.1, 0.15) is 16.7 Å². The molecule has 0 saturated heterocycles. The maximum absolute atomic E-state index is 11.8. The highest BCUT2D eigenvalue weighted by Crippen LogP contribution is 2.04. The normalized spacial score (nSPS) is 10.3. The zero-order valence-corrected chi connectivity index (χ0v) is 14.6. The average Bonchev–Trinajstić information content (AvgIpc) is 2.60. The van der Waals surface area contributed by atoms with Crippen molar-refractivity contribution in [3.05, 3.63) is 77.4 Å². The van der Waals surface area contributed by atoms with E-state index in [1.165, 1.54) is 6.08 Å². The molecule has 0 atom stereocenters. The fourth-order valence-corrected chi connectivity index (χ4v) is 2.14. The first kappa shape index (κ1) is 18.4. The third-order valence-corrected chi connectivity index (χ3v) is 3.47. The van der Waals surface area contributed by atoms with Gasteiger partial charge in [0.25, 0.3) is 0 Å². The van der Waals surface area contributed by atoms with Crippen molar-refractivity contribution < 1.29 is 9.59 Å². The van der Waals surface area contributed by atoms with Crippen molar-refractivity contribution in [1.29, 1.82) is 0 Å². The van der Waals surface area contributed by atoms with Gasteiger partial charge in [-0.05, 0) is 36.3 Å². The van der Waals surface area contributed by atoms with Gasteiger partial charge in [0.1, 0.15) is 0 Å². The number of hydrazine groups is 1. The zero-order valence-electron chi connectivity index (χ0n) is 13.8. The number of thiocarbonyl (C=S) groups is 1. The number of rotatable bonds is 4. The Morgan fingerprint density at radius 3 is 2.36 bits per heavy atom. The Morgan fingerprint density at radius 2 is 1.68 bits per heavy atom. The fraction of sp³-hybridized carbons (Fsp3) is 0.105. The molecule has 128 valence electrons. The number of amides is 2. The van der Waals surface area contributed by atoms with Crippen molar-refractivity contribution in [3.63, 3.8) is 0 Å². The van der Waals surface area contributed by atoms with Crippen LogP contribution < -0.4 is 16.2 Å². The van der Waals surface area contributed by atoms with Crippen molar-refractivity contribution in [2.75, 3.05) is 0 Å². The molecule has 0 aromatic heterocycles. The molecule has 5 nitrogen and oxygen atoms in total. The molecule has 2 amide bonds. The van der Waals surface area contributed by atoms with Gasteiger partial charge in [-0.3, -0.25) is 25.8 Å². The molecular formula is C19H19N3O2S. The van der Waals surface area contributed by atoms with E-state index in [1.54, 1.807) is 6.08 Å². The minimum absolute atomic E-state index is 0.0277. The molecule has 0 aliphatic rings. The Kier molecular flexibility index (Phi) is 6.86. The summed E-state index contributed by atoms with van der Waals surface area (Å²) in [4.78, 5) is 23.6. The van der Waals surface area contributed by atoms with Crippen LogP contribution in [0.3, 0.4) is 0 Å². The summed E-state index contributed by atoms with van der Waals surface area (Å²) in [5.74, 6) is -0.631. The maximum atomic E-state index is 11.8. The third kappa shape index (κ3) is 6.97. The number of carbonyl (C=O) groups is 2. The first-order chi connectivity index (χ1) is 12.0. The second-order valence-electron chi connectivity index (χ2n) is 5.40. The van der Waals surface area contributed by atoms with Crippen LogP contribution in [0.25, 0.3) is 6.08 Å². The summed E-state index contributed by atoms with van der Waals surface area (Å²) in [6.07, 6.45) is 3.29. The Morgan fingerprint density at radius 1 is 1.00 bits per heavy atom. The zero-order chi connectivity index (χ0) is 18.1. The van der Waals surface area contributed by atoms with E-state index in [4.69, 9.17) is 12.2 Å². The molecule has 25 heavy (non-hydrogen) atoms.